The van der Waals surface area contributed by atoms with Gasteiger partial charge in [-0.3, -0.25) is 4.90 Å². The molecule has 0 spiro atoms. The lowest BCUT2D eigenvalue weighted by Gasteiger charge is -2.38. The Labute approximate surface area is 281 Å². The Morgan fingerprint density at radius 1 is 0.723 bits per heavy atom. The quantitative estimate of drug-likeness (QED) is 0.298. The number of nitrogens with one attached hydrogen (secondary N) is 3. The van der Waals surface area contributed by atoms with Crippen molar-refractivity contribution < 1.29 is 0 Å². The normalized spacial score (nSPS) is 21.2. The van der Waals surface area contributed by atoms with Crippen LogP contribution in [0.1, 0.15) is 97.4 Å². The van der Waals surface area contributed by atoms with E-state index < -0.39 is 0 Å². The van der Waals surface area contributed by atoms with Crippen molar-refractivity contribution in [3.63, 3.8) is 0 Å². The maximum absolute atomic E-state index is 5.31. The number of guanidine groups is 1. The summed E-state index contributed by atoms with van der Waals surface area (Å²) in [5, 5.41) is 11.4. The van der Waals surface area contributed by atoms with E-state index in [1.54, 1.807) is 0 Å². The summed E-state index contributed by atoms with van der Waals surface area (Å²) in [5.74, 6) is 1.70. The van der Waals surface area contributed by atoms with Gasteiger partial charge in [0.2, 0.25) is 5.96 Å². The van der Waals surface area contributed by atoms with Crippen molar-refractivity contribution in [3.8, 4) is 0 Å². The van der Waals surface area contributed by atoms with Gasteiger partial charge in [0.05, 0.1) is 11.4 Å². The summed E-state index contributed by atoms with van der Waals surface area (Å²) >= 11 is 0. The van der Waals surface area contributed by atoms with Crippen LogP contribution in [0.15, 0.2) is 76.4 Å². The highest BCUT2D eigenvalue weighted by Gasteiger charge is 2.34. The zero-order valence-corrected chi connectivity index (χ0v) is 29.2. The smallest absolute Gasteiger partial charge is 0.211 e. The first-order valence-electron chi connectivity index (χ1n) is 17.7. The average molecular weight is 633 g/mol. The van der Waals surface area contributed by atoms with Crippen LogP contribution in [0.4, 0.5) is 22.7 Å². The van der Waals surface area contributed by atoms with Gasteiger partial charge in [-0.05, 0) is 129 Å². The van der Waals surface area contributed by atoms with E-state index in [0.717, 1.165) is 71.9 Å². The highest BCUT2D eigenvalue weighted by atomic mass is 15.4. The molecule has 1 atom stereocenters. The lowest BCUT2D eigenvalue weighted by molar-refractivity contribution is 0.577. The van der Waals surface area contributed by atoms with Crippen LogP contribution in [0.2, 0.25) is 0 Å². The molecular weight excluding hydrogens is 580 g/mol. The molecule has 5 aliphatic rings. The number of aliphatic imine (C=N–C) groups is 2. The highest BCUT2D eigenvalue weighted by Crippen LogP contribution is 2.39. The zero-order valence-electron chi connectivity index (χ0n) is 29.2. The van der Waals surface area contributed by atoms with Crippen LogP contribution in [0.3, 0.4) is 0 Å². The molecule has 0 aromatic heterocycles. The number of anilines is 4. The number of benzene rings is 2. The van der Waals surface area contributed by atoms with Crippen LogP contribution in [0.5, 0.6) is 0 Å². The second-order valence-corrected chi connectivity index (χ2v) is 15.6. The number of allylic oxidation sites excluding steroid dienone is 3. The van der Waals surface area contributed by atoms with E-state index in [-0.39, 0.29) is 17.2 Å². The molecule has 0 aliphatic carbocycles. The molecule has 2 aromatic rings. The summed E-state index contributed by atoms with van der Waals surface area (Å²) in [6, 6.07) is 13.7. The third-order valence-electron chi connectivity index (χ3n) is 9.32. The van der Waals surface area contributed by atoms with E-state index in [0.29, 0.717) is 0 Å². The Kier molecular flexibility index (Phi) is 8.31. The van der Waals surface area contributed by atoms with Crippen molar-refractivity contribution in [2.45, 2.75) is 97.3 Å². The number of rotatable bonds is 6. The Hall–Kier alpha value is -4.20. The van der Waals surface area contributed by atoms with Crippen molar-refractivity contribution in [1.29, 1.82) is 0 Å². The summed E-state index contributed by atoms with van der Waals surface area (Å²) in [7, 11) is 0. The summed E-state index contributed by atoms with van der Waals surface area (Å²) in [6.07, 6.45) is 15.8. The number of amidine groups is 1. The SMILES string of the molecule is CC(C)(C)Nc1cc(N2CCCCC2)ccc1C1=CC2=CC=CC3=NC(c4ccc(N5CCCCC5)cc4NC(C)(C)C)N=C(N1)N23. The summed E-state index contributed by atoms with van der Waals surface area (Å²) in [6.45, 7) is 17.8. The molecule has 0 bridgehead atoms. The maximum Gasteiger partial charge on any atom is 0.211 e. The van der Waals surface area contributed by atoms with Gasteiger partial charge >= 0.3 is 0 Å². The third kappa shape index (κ3) is 6.92. The van der Waals surface area contributed by atoms with Crippen molar-refractivity contribution in [3.05, 3.63) is 77.5 Å². The first kappa shape index (κ1) is 31.4. The van der Waals surface area contributed by atoms with Gasteiger partial charge in [0.1, 0.15) is 5.84 Å². The molecule has 47 heavy (non-hydrogen) atoms. The molecule has 5 aliphatic heterocycles. The van der Waals surface area contributed by atoms with E-state index in [1.807, 2.05) is 0 Å². The summed E-state index contributed by atoms with van der Waals surface area (Å²) in [5.41, 5.74) is 8.91. The molecule has 2 fully saturated rings. The minimum atomic E-state index is -0.374. The molecule has 8 nitrogen and oxygen atoms in total. The van der Waals surface area contributed by atoms with Crippen molar-refractivity contribution in [2.75, 3.05) is 46.6 Å². The predicted molar refractivity (Wildman–Crippen MR) is 200 cm³/mol. The van der Waals surface area contributed by atoms with Crippen LogP contribution >= 0.6 is 0 Å². The van der Waals surface area contributed by atoms with Crippen molar-refractivity contribution >= 4 is 40.2 Å². The number of hydrogen-bond donors (Lipinski definition) is 3. The van der Waals surface area contributed by atoms with Crippen LogP contribution < -0.4 is 25.8 Å². The molecule has 3 N–H and O–H groups in total. The molecule has 0 saturated carbocycles. The molecule has 0 amide bonds. The van der Waals surface area contributed by atoms with Crippen LogP contribution in [-0.4, -0.2) is 54.0 Å². The Balaban J connectivity index is 1.26. The maximum atomic E-state index is 5.31. The molecule has 7 rings (SSSR count). The third-order valence-corrected chi connectivity index (χ3v) is 9.32. The Morgan fingerprint density at radius 2 is 1.32 bits per heavy atom. The lowest BCUT2D eigenvalue weighted by Crippen LogP contribution is -2.48. The van der Waals surface area contributed by atoms with Gasteiger partial charge in [0.25, 0.3) is 0 Å². The number of nitrogens with zero attached hydrogens (tertiary/aromatic N) is 5. The first-order valence-corrected chi connectivity index (χ1v) is 17.7. The van der Waals surface area contributed by atoms with E-state index in [1.165, 1.54) is 49.9 Å². The fourth-order valence-corrected chi connectivity index (χ4v) is 7.22. The Bertz CT molecular complexity index is 1650. The monoisotopic (exact) mass is 632 g/mol. The van der Waals surface area contributed by atoms with E-state index in [2.05, 4.69) is 133 Å². The number of hydrogen-bond acceptors (Lipinski definition) is 8. The second kappa shape index (κ2) is 12.4. The van der Waals surface area contributed by atoms with Gasteiger partial charge in [-0.15, -0.1) is 0 Å². The largest absolute Gasteiger partial charge is 0.380 e. The first-order chi connectivity index (χ1) is 22.5. The minimum Gasteiger partial charge on any atom is -0.380 e. The van der Waals surface area contributed by atoms with Gasteiger partial charge < -0.3 is 25.8 Å². The van der Waals surface area contributed by atoms with Crippen molar-refractivity contribution in [1.82, 2.24) is 10.2 Å². The highest BCUT2D eigenvalue weighted by molar-refractivity contribution is 6.13. The molecule has 0 radical (unpaired) electrons. The molecule has 5 heterocycles. The van der Waals surface area contributed by atoms with Crippen LogP contribution in [-0.2, 0) is 0 Å². The van der Waals surface area contributed by atoms with Gasteiger partial charge in [0, 0.05) is 71.1 Å². The molecule has 8 heteroatoms. The lowest BCUT2D eigenvalue weighted by atomic mass is 10.0. The molecular formula is C39H52N8. The Morgan fingerprint density at radius 3 is 1.96 bits per heavy atom. The molecule has 248 valence electrons. The van der Waals surface area contributed by atoms with Crippen molar-refractivity contribution in [2.24, 2.45) is 9.98 Å². The topological polar surface area (TPSA) is 70.5 Å². The number of piperidine rings is 2. The second-order valence-electron chi connectivity index (χ2n) is 15.6. The van der Waals surface area contributed by atoms with Crippen LogP contribution in [0.25, 0.3) is 5.70 Å². The standard InChI is InChI=1S/C39H52N8/c1-38(2,3)43-33-24-27(45-20-9-7-10-21-45)16-18-30(33)32-26-29-14-13-15-35-41-36(42-37(40-32)47(29)35)31-19-17-28(46-22-11-8-12-23-46)25-34(31)44-39(4,5)6/h13-19,24-26,36,43-44H,7-12,20-23H2,1-6H3,(H,40,42). The fraction of sp³-hybridized carbons (Fsp3) is 0.487. The van der Waals surface area contributed by atoms with Crippen LogP contribution in [0, 0.1) is 0 Å². The average Bonchev–Trinajstić information content (AvgIpc) is 3.04. The van der Waals surface area contributed by atoms with Gasteiger partial charge in [-0.25, -0.2) is 9.98 Å². The minimum absolute atomic E-state index is 0.0898. The molecule has 2 aromatic carbocycles. The van der Waals surface area contributed by atoms with Gasteiger partial charge in [0.15, 0.2) is 6.17 Å². The van der Waals surface area contributed by atoms with E-state index in [9.17, 15) is 0 Å². The summed E-state index contributed by atoms with van der Waals surface area (Å²) < 4.78 is 0. The molecule has 1 unspecified atom stereocenters. The zero-order chi connectivity index (χ0) is 32.8. The van der Waals surface area contributed by atoms with E-state index >= 15 is 0 Å². The predicted octanol–water partition coefficient (Wildman–Crippen LogP) is 8.25. The van der Waals surface area contributed by atoms with E-state index in [4.69, 9.17) is 9.98 Å². The van der Waals surface area contributed by atoms with Gasteiger partial charge in [-0.2, -0.15) is 0 Å². The molecule has 2 saturated heterocycles. The van der Waals surface area contributed by atoms with Gasteiger partial charge in [-0.1, -0.05) is 12.1 Å². The fourth-order valence-electron chi connectivity index (χ4n) is 7.22. The summed E-state index contributed by atoms with van der Waals surface area (Å²) in [4.78, 5) is 17.7.